The van der Waals surface area contributed by atoms with Crippen molar-refractivity contribution in [2.24, 2.45) is 0 Å². The van der Waals surface area contributed by atoms with E-state index in [0.717, 1.165) is 24.1 Å². The van der Waals surface area contributed by atoms with E-state index in [9.17, 15) is 4.79 Å². The molecule has 0 aliphatic carbocycles. The predicted molar refractivity (Wildman–Crippen MR) is 78.8 cm³/mol. The van der Waals surface area contributed by atoms with Gasteiger partial charge in [0.25, 0.3) is 0 Å². The molecule has 1 heterocycles. The number of hydrogen-bond donors (Lipinski definition) is 1. The van der Waals surface area contributed by atoms with Crippen molar-refractivity contribution in [1.29, 1.82) is 0 Å². The highest BCUT2D eigenvalue weighted by Crippen LogP contribution is 2.29. The number of carbonyl (C=O) groups excluding carboxylic acids is 1. The molecule has 110 valence electrons. The Labute approximate surface area is 120 Å². The maximum atomic E-state index is 12.4. The van der Waals surface area contributed by atoms with Gasteiger partial charge < -0.3 is 14.8 Å². The zero-order valence-corrected chi connectivity index (χ0v) is 12.3. The van der Waals surface area contributed by atoms with Gasteiger partial charge in [0, 0.05) is 25.3 Å². The van der Waals surface area contributed by atoms with Crippen LogP contribution in [0.15, 0.2) is 24.3 Å². The zero-order chi connectivity index (χ0) is 14.4. The van der Waals surface area contributed by atoms with E-state index in [4.69, 9.17) is 9.47 Å². The van der Waals surface area contributed by atoms with Crippen molar-refractivity contribution in [3.63, 3.8) is 0 Å². The van der Waals surface area contributed by atoms with E-state index in [0.29, 0.717) is 26.2 Å². The van der Waals surface area contributed by atoms with Gasteiger partial charge >= 0.3 is 5.97 Å². The van der Waals surface area contributed by atoms with Crippen molar-refractivity contribution in [2.45, 2.75) is 38.6 Å². The van der Waals surface area contributed by atoms with Gasteiger partial charge in [-0.3, -0.25) is 0 Å². The second kappa shape index (κ2) is 6.75. The summed E-state index contributed by atoms with van der Waals surface area (Å²) in [6, 6.07) is 8.01. The number of rotatable bonds is 4. The Balaban J connectivity index is 2.26. The molecule has 1 aliphatic heterocycles. The summed E-state index contributed by atoms with van der Waals surface area (Å²) in [4.78, 5) is 12.4. The molecule has 1 unspecified atom stereocenters. The van der Waals surface area contributed by atoms with Crippen LogP contribution in [0.5, 0.6) is 0 Å². The summed E-state index contributed by atoms with van der Waals surface area (Å²) < 4.78 is 10.8. The molecule has 0 bridgehead atoms. The molecule has 1 saturated heterocycles. The average Bonchev–Trinajstić information content (AvgIpc) is 2.68. The minimum Gasteiger partial charge on any atom is -0.464 e. The SMILES string of the molecule is CCOC(=O)C1(Nc2ccccc2C)CCCOCC1. The maximum Gasteiger partial charge on any atom is 0.331 e. The summed E-state index contributed by atoms with van der Waals surface area (Å²) >= 11 is 0. The smallest absolute Gasteiger partial charge is 0.331 e. The molecule has 0 spiro atoms. The second-order valence-electron chi connectivity index (χ2n) is 5.21. The number of ether oxygens (including phenoxy) is 2. The average molecular weight is 277 g/mol. The Morgan fingerprint density at radius 3 is 2.90 bits per heavy atom. The molecule has 0 radical (unpaired) electrons. The molecule has 1 atom stereocenters. The van der Waals surface area contributed by atoms with E-state index in [1.807, 2.05) is 38.1 Å². The molecule has 0 amide bonds. The van der Waals surface area contributed by atoms with Crippen molar-refractivity contribution < 1.29 is 14.3 Å². The van der Waals surface area contributed by atoms with Crippen LogP contribution < -0.4 is 5.32 Å². The third-order valence-electron chi connectivity index (χ3n) is 3.75. The van der Waals surface area contributed by atoms with Crippen molar-refractivity contribution in [2.75, 3.05) is 25.1 Å². The molecule has 1 fully saturated rings. The van der Waals surface area contributed by atoms with Gasteiger partial charge in [-0.15, -0.1) is 0 Å². The molecule has 0 saturated carbocycles. The van der Waals surface area contributed by atoms with Crippen LogP contribution in [0.25, 0.3) is 0 Å². The van der Waals surface area contributed by atoms with E-state index in [1.165, 1.54) is 0 Å². The Bertz CT molecular complexity index is 451. The lowest BCUT2D eigenvalue weighted by Crippen LogP contribution is -2.48. The lowest BCUT2D eigenvalue weighted by atomic mass is 9.89. The van der Waals surface area contributed by atoms with Crippen molar-refractivity contribution in [3.8, 4) is 0 Å². The summed E-state index contributed by atoms with van der Waals surface area (Å²) in [7, 11) is 0. The largest absolute Gasteiger partial charge is 0.464 e. The molecule has 1 aliphatic rings. The fraction of sp³-hybridized carbons (Fsp3) is 0.562. The molecular weight excluding hydrogens is 254 g/mol. The first kappa shape index (κ1) is 14.9. The summed E-state index contributed by atoms with van der Waals surface area (Å²) in [5, 5.41) is 3.43. The van der Waals surface area contributed by atoms with E-state index in [2.05, 4.69) is 5.32 Å². The minimum absolute atomic E-state index is 0.172. The molecule has 20 heavy (non-hydrogen) atoms. The lowest BCUT2D eigenvalue weighted by molar-refractivity contribution is -0.149. The highest BCUT2D eigenvalue weighted by molar-refractivity contribution is 5.85. The first-order valence-electron chi connectivity index (χ1n) is 7.27. The molecule has 1 aromatic rings. The van der Waals surface area contributed by atoms with Crippen molar-refractivity contribution in [1.82, 2.24) is 0 Å². The van der Waals surface area contributed by atoms with E-state index >= 15 is 0 Å². The van der Waals surface area contributed by atoms with Crippen LogP contribution in [0.1, 0.15) is 31.7 Å². The zero-order valence-electron chi connectivity index (χ0n) is 12.3. The predicted octanol–water partition coefficient (Wildman–Crippen LogP) is 2.91. The van der Waals surface area contributed by atoms with Crippen molar-refractivity contribution >= 4 is 11.7 Å². The molecule has 0 aromatic heterocycles. The highest BCUT2D eigenvalue weighted by Gasteiger charge is 2.40. The lowest BCUT2D eigenvalue weighted by Gasteiger charge is -2.32. The summed E-state index contributed by atoms with van der Waals surface area (Å²) in [6.45, 7) is 5.56. The van der Waals surface area contributed by atoms with E-state index < -0.39 is 5.54 Å². The highest BCUT2D eigenvalue weighted by atomic mass is 16.5. The quantitative estimate of drug-likeness (QED) is 0.860. The molecule has 4 nitrogen and oxygen atoms in total. The third kappa shape index (κ3) is 3.31. The maximum absolute atomic E-state index is 12.4. The molecular formula is C16H23NO3. The van der Waals surface area contributed by atoms with E-state index in [1.54, 1.807) is 0 Å². The van der Waals surface area contributed by atoms with Gasteiger partial charge in [0.1, 0.15) is 5.54 Å². The third-order valence-corrected chi connectivity index (χ3v) is 3.75. The topological polar surface area (TPSA) is 47.6 Å². The van der Waals surface area contributed by atoms with Gasteiger partial charge in [0.15, 0.2) is 0 Å². The van der Waals surface area contributed by atoms with Crippen LogP contribution in [0.2, 0.25) is 0 Å². The van der Waals surface area contributed by atoms with Crippen LogP contribution in [0.3, 0.4) is 0 Å². The van der Waals surface area contributed by atoms with Crippen LogP contribution in [0, 0.1) is 6.92 Å². The fourth-order valence-corrected chi connectivity index (χ4v) is 2.57. The van der Waals surface area contributed by atoms with Crippen LogP contribution in [-0.4, -0.2) is 31.3 Å². The summed E-state index contributed by atoms with van der Waals surface area (Å²) in [6.07, 6.45) is 2.23. The van der Waals surface area contributed by atoms with Crippen LogP contribution in [0.4, 0.5) is 5.69 Å². The molecule has 2 rings (SSSR count). The van der Waals surface area contributed by atoms with Gasteiger partial charge in [-0.25, -0.2) is 4.79 Å². The number of nitrogens with one attached hydrogen (secondary N) is 1. The molecule has 1 aromatic carbocycles. The Morgan fingerprint density at radius 1 is 1.35 bits per heavy atom. The minimum atomic E-state index is -0.668. The number of aryl methyl sites for hydroxylation is 1. The second-order valence-corrected chi connectivity index (χ2v) is 5.21. The number of esters is 1. The Kier molecular flexibility index (Phi) is 5.01. The number of benzene rings is 1. The summed E-state index contributed by atoms with van der Waals surface area (Å²) in [5.74, 6) is -0.172. The normalized spacial score (nSPS) is 22.9. The number of anilines is 1. The van der Waals surface area contributed by atoms with Gasteiger partial charge in [0.2, 0.25) is 0 Å². The monoisotopic (exact) mass is 277 g/mol. The molecule has 4 heteroatoms. The summed E-state index contributed by atoms with van der Waals surface area (Å²) in [5.41, 5.74) is 1.45. The van der Waals surface area contributed by atoms with Crippen LogP contribution in [-0.2, 0) is 14.3 Å². The van der Waals surface area contributed by atoms with Gasteiger partial charge in [-0.2, -0.15) is 0 Å². The standard InChI is InChI=1S/C16H23NO3/c1-3-20-15(18)16(9-6-11-19-12-10-16)17-14-8-5-4-7-13(14)2/h4-5,7-8,17H,3,6,9-12H2,1-2H3. The van der Waals surface area contributed by atoms with Gasteiger partial charge in [-0.05, 0) is 38.3 Å². The Morgan fingerprint density at radius 2 is 2.15 bits per heavy atom. The molecule has 1 N–H and O–H groups in total. The first-order valence-corrected chi connectivity index (χ1v) is 7.27. The van der Waals surface area contributed by atoms with Crippen LogP contribution >= 0.6 is 0 Å². The van der Waals surface area contributed by atoms with Crippen molar-refractivity contribution in [3.05, 3.63) is 29.8 Å². The number of carbonyl (C=O) groups is 1. The van der Waals surface area contributed by atoms with Gasteiger partial charge in [-0.1, -0.05) is 18.2 Å². The fourth-order valence-electron chi connectivity index (χ4n) is 2.57. The van der Waals surface area contributed by atoms with Gasteiger partial charge in [0.05, 0.1) is 6.61 Å². The first-order chi connectivity index (χ1) is 9.68. The number of para-hydroxylation sites is 1. The number of hydrogen-bond acceptors (Lipinski definition) is 4. The van der Waals surface area contributed by atoms with E-state index in [-0.39, 0.29) is 5.97 Å². The Hall–Kier alpha value is -1.55.